The summed E-state index contributed by atoms with van der Waals surface area (Å²) in [6.45, 7) is -1.39. The Morgan fingerprint density at radius 1 is 1.38 bits per heavy atom. The van der Waals surface area contributed by atoms with Gasteiger partial charge in [-0.05, 0) is 18.2 Å². The van der Waals surface area contributed by atoms with Gasteiger partial charge >= 0.3 is 6.18 Å². The second kappa shape index (κ2) is 5.51. The second-order valence-electron chi connectivity index (χ2n) is 3.00. The van der Waals surface area contributed by atoms with Crippen LogP contribution in [0.3, 0.4) is 0 Å². The largest absolute Gasteiger partial charge is 0.508 e. The summed E-state index contributed by atoms with van der Waals surface area (Å²) in [6.07, 6.45) is -4.37. The van der Waals surface area contributed by atoms with E-state index in [1.165, 1.54) is 6.07 Å². The van der Waals surface area contributed by atoms with Gasteiger partial charge in [0.1, 0.15) is 5.75 Å². The molecule has 1 rings (SSSR count). The molecule has 0 saturated carbocycles. The Bertz CT molecular complexity index is 357. The fourth-order valence-corrected chi connectivity index (χ4v) is 1.37. The van der Waals surface area contributed by atoms with Crippen molar-refractivity contribution in [1.82, 2.24) is 5.48 Å². The number of halogens is 4. The summed E-state index contributed by atoms with van der Waals surface area (Å²) in [7, 11) is 0. The lowest BCUT2D eigenvalue weighted by atomic mass is 10.2. The van der Waals surface area contributed by atoms with E-state index >= 15 is 0 Å². The highest BCUT2D eigenvalue weighted by molar-refractivity contribution is 9.10. The monoisotopic (exact) mass is 299 g/mol. The van der Waals surface area contributed by atoms with Crippen LogP contribution in [0.5, 0.6) is 5.75 Å². The summed E-state index contributed by atoms with van der Waals surface area (Å²) in [5, 5.41) is 9.36. The van der Waals surface area contributed by atoms with Crippen LogP contribution < -0.4 is 5.48 Å². The lowest BCUT2D eigenvalue weighted by Crippen LogP contribution is -2.24. The Labute approximate surface area is 98.3 Å². The van der Waals surface area contributed by atoms with E-state index < -0.39 is 12.8 Å². The van der Waals surface area contributed by atoms with Gasteiger partial charge in [0.25, 0.3) is 0 Å². The summed E-state index contributed by atoms with van der Waals surface area (Å²) in [6, 6.07) is 4.64. The van der Waals surface area contributed by atoms with Crippen molar-refractivity contribution in [2.24, 2.45) is 0 Å². The fraction of sp³-hybridized carbons (Fsp3) is 0.333. The zero-order valence-corrected chi connectivity index (χ0v) is 9.60. The topological polar surface area (TPSA) is 41.5 Å². The molecule has 90 valence electrons. The Morgan fingerprint density at radius 3 is 2.69 bits per heavy atom. The highest BCUT2D eigenvalue weighted by Crippen LogP contribution is 2.21. The first-order chi connectivity index (χ1) is 7.38. The van der Waals surface area contributed by atoms with Gasteiger partial charge in [0.05, 0.1) is 0 Å². The van der Waals surface area contributed by atoms with Crippen molar-refractivity contribution < 1.29 is 23.1 Å². The maximum atomic E-state index is 11.7. The van der Waals surface area contributed by atoms with Crippen molar-refractivity contribution >= 4 is 15.9 Å². The molecule has 3 nitrogen and oxygen atoms in total. The number of benzene rings is 1. The van der Waals surface area contributed by atoms with E-state index in [0.29, 0.717) is 5.56 Å². The standard InChI is InChI=1S/C9H9BrF3NO2/c10-7-1-2-8(15)6(3-7)4-14-16-5-9(11,12)13/h1-3,14-15H,4-5H2. The molecule has 1 aromatic rings. The highest BCUT2D eigenvalue weighted by Gasteiger charge is 2.27. The summed E-state index contributed by atoms with van der Waals surface area (Å²) >= 11 is 3.18. The molecular weight excluding hydrogens is 291 g/mol. The van der Waals surface area contributed by atoms with Crippen molar-refractivity contribution in [2.75, 3.05) is 6.61 Å². The van der Waals surface area contributed by atoms with Gasteiger partial charge in [0, 0.05) is 16.6 Å². The molecule has 0 fully saturated rings. The second-order valence-corrected chi connectivity index (χ2v) is 3.91. The molecule has 0 aliphatic carbocycles. The highest BCUT2D eigenvalue weighted by atomic mass is 79.9. The fourth-order valence-electron chi connectivity index (χ4n) is 0.957. The van der Waals surface area contributed by atoms with Gasteiger partial charge in [0.15, 0.2) is 6.61 Å². The van der Waals surface area contributed by atoms with Gasteiger partial charge < -0.3 is 5.11 Å². The molecule has 0 bridgehead atoms. The SMILES string of the molecule is Oc1ccc(Br)cc1CNOCC(F)(F)F. The van der Waals surface area contributed by atoms with Crippen LogP contribution in [0.25, 0.3) is 0 Å². The summed E-state index contributed by atoms with van der Waals surface area (Å²) in [5.74, 6) is -0.00805. The van der Waals surface area contributed by atoms with Crippen LogP contribution in [0.1, 0.15) is 5.56 Å². The molecule has 0 spiro atoms. The average Bonchev–Trinajstić information content (AvgIpc) is 2.16. The molecule has 2 N–H and O–H groups in total. The van der Waals surface area contributed by atoms with E-state index in [1.54, 1.807) is 12.1 Å². The number of hydrogen-bond acceptors (Lipinski definition) is 3. The van der Waals surface area contributed by atoms with Crippen molar-refractivity contribution in [3.8, 4) is 5.75 Å². The van der Waals surface area contributed by atoms with Gasteiger partial charge in [0.2, 0.25) is 0 Å². The number of phenols is 1. The molecule has 0 unspecified atom stereocenters. The first kappa shape index (κ1) is 13.3. The van der Waals surface area contributed by atoms with Gasteiger partial charge in [-0.1, -0.05) is 15.9 Å². The smallest absolute Gasteiger partial charge is 0.413 e. The summed E-state index contributed by atoms with van der Waals surface area (Å²) < 4.78 is 35.8. The molecule has 0 atom stereocenters. The molecule has 0 heterocycles. The van der Waals surface area contributed by atoms with Gasteiger partial charge in [-0.25, -0.2) is 0 Å². The maximum absolute atomic E-state index is 11.7. The summed E-state index contributed by atoms with van der Waals surface area (Å²) in [5.41, 5.74) is 2.57. The molecule has 0 amide bonds. The lowest BCUT2D eigenvalue weighted by Gasteiger charge is -2.09. The van der Waals surface area contributed by atoms with Gasteiger partial charge in [-0.2, -0.15) is 18.7 Å². The van der Waals surface area contributed by atoms with Crippen LogP contribution in [0.4, 0.5) is 13.2 Å². The van der Waals surface area contributed by atoms with E-state index in [2.05, 4.69) is 26.2 Å². The average molecular weight is 300 g/mol. The van der Waals surface area contributed by atoms with E-state index in [1.807, 2.05) is 0 Å². The van der Waals surface area contributed by atoms with Crippen molar-refractivity contribution in [1.29, 1.82) is 0 Å². The van der Waals surface area contributed by atoms with E-state index in [9.17, 15) is 18.3 Å². The van der Waals surface area contributed by atoms with Crippen LogP contribution in [-0.4, -0.2) is 17.9 Å². The van der Waals surface area contributed by atoms with Gasteiger partial charge in [-0.15, -0.1) is 0 Å². The molecule has 1 aromatic carbocycles. The van der Waals surface area contributed by atoms with E-state index in [0.717, 1.165) is 4.47 Å². The Morgan fingerprint density at radius 2 is 2.06 bits per heavy atom. The minimum absolute atomic E-state index is 0.00805. The molecule has 16 heavy (non-hydrogen) atoms. The number of hydroxylamine groups is 1. The molecule has 0 saturated heterocycles. The number of nitrogens with one attached hydrogen (secondary N) is 1. The zero-order chi connectivity index (χ0) is 12.2. The molecule has 0 aromatic heterocycles. The number of aromatic hydroxyl groups is 1. The quantitative estimate of drug-likeness (QED) is 0.663. The van der Waals surface area contributed by atoms with Crippen molar-refractivity contribution in [2.45, 2.75) is 12.7 Å². The van der Waals surface area contributed by atoms with Crippen LogP contribution in [0.2, 0.25) is 0 Å². The Kier molecular flexibility index (Phi) is 4.57. The Hall–Kier alpha value is -0.790. The zero-order valence-electron chi connectivity index (χ0n) is 8.01. The predicted octanol–water partition coefficient (Wildman–Crippen LogP) is 2.74. The molecular formula is C9H9BrF3NO2. The number of alkyl halides is 3. The van der Waals surface area contributed by atoms with Crippen molar-refractivity contribution in [3.63, 3.8) is 0 Å². The third-order valence-electron chi connectivity index (χ3n) is 1.64. The van der Waals surface area contributed by atoms with E-state index in [4.69, 9.17) is 0 Å². The minimum atomic E-state index is -4.37. The van der Waals surface area contributed by atoms with Crippen LogP contribution in [-0.2, 0) is 11.4 Å². The number of phenolic OH excluding ortho intramolecular Hbond substituents is 1. The first-order valence-corrected chi connectivity index (χ1v) is 5.06. The van der Waals surface area contributed by atoms with Crippen LogP contribution >= 0.6 is 15.9 Å². The minimum Gasteiger partial charge on any atom is -0.508 e. The predicted molar refractivity (Wildman–Crippen MR) is 54.7 cm³/mol. The third-order valence-corrected chi connectivity index (χ3v) is 2.14. The molecule has 7 heteroatoms. The lowest BCUT2D eigenvalue weighted by molar-refractivity contribution is -0.190. The first-order valence-electron chi connectivity index (χ1n) is 4.27. The number of hydrogen-bond donors (Lipinski definition) is 2. The molecule has 0 aliphatic rings. The number of rotatable bonds is 4. The van der Waals surface area contributed by atoms with Crippen LogP contribution in [0, 0.1) is 0 Å². The third kappa shape index (κ3) is 4.82. The maximum Gasteiger partial charge on any atom is 0.413 e. The Balaban J connectivity index is 2.40. The normalized spacial score (nSPS) is 11.8. The molecule has 0 radical (unpaired) electrons. The molecule has 0 aliphatic heterocycles. The van der Waals surface area contributed by atoms with Crippen molar-refractivity contribution in [3.05, 3.63) is 28.2 Å². The van der Waals surface area contributed by atoms with E-state index in [-0.39, 0.29) is 12.3 Å². The van der Waals surface area contributed by atoms with Gasteiger partial charge in [-0.3, -0.25) is 4.84 Å². The summed E-state index contributed by atoms with van der Waals surface area (Å²) in [4.78, 5) is 4.20. The van der Waals surface area contributed by atoms with Crippen LogP contribution in [0.15, 0.2) is 22.7 Å².